The lowest BCUT2D eigenvalue weighted by Crippen LogP contribution is -2.35. The van der Waals surface area contributed by atoms with Crippen molar-refractivity contribution in [3.8, 4) is 5.75 Å². The highest BCUT2D eigenvalue weighted by molar-refractivity contribution is 5.68. The molecule has 1 aromatic rings. The molecule has 1 aliphatic rings. The molecule has 1 N–H and O–H groups in total. The van der Waals surface area contributed by atoms with E-state index in [9.17, 15) is 4.79 Å². The number of alkyl carbamates (subject to hydrolysis) is 1. The van der Waals surface area contributed by atoms with Crippen LogP contribution in [0.25, 0.3) is 0 Å². The summed E-state index contributed by atoms with van der Waals surface area (Å²) in [7, 11) is 0. The van der Waals surface area contributed by atoms with E-state index in [1.165, 1.54) is 0 Å². The summed E-state index contributed by atoms with van der Waals surface area (Å²) >= 11 is 0. The number of aromatic nitrogens is 1. The lowest BCUT2D eigenvalue weighted by molar-refractivity contribution is 0.0497. The Bertz CT molecular complexity index is 426. The molecule has 1 atom stereocenters. The van der Waals surface area contributed by atoms with Gasteiger partial charge in [-0.25, -0.2) is 4.79 Å². The summed E-state index contributed by atoms with van der Waals surface area (Å²) in [6.45, 7) is 5.90. The second-order valence-electron chi connectivity index (χ2n) is 4.92. The fraction of sp³-hybridized carbons (Fsp3) is 0.500. The lowest BCUT2D eigenvalue weighted by atomic mass is 10.1. The van der Waals surface area contributed by atoms with Gasteiger partial charge in [0.25, 0.3) is 0 Å². The van der Waals surface area contributed by atoms with Crippen LogP contribution in [0.3, 0.4) is 0 Å². The third-order valence-electron chi connectivity index (χ3n) is 2.29. The first kappa shape index (κ1) is 11.7. The zero-order valence-electron chi connectivity index (χ0n) is 10.2. The summed E-state index contributed by atoms with van der Waals surface area (Å²) in [4.78, 5) is 15.6. The number of nitrogens with zero attached hydrogens (tertiary/aromatic N) is 1. The number of pyridine rings is 1. The number of nitrogens with one attached hydrogen (secondary N) is 1. The van der Waals surface area contributed by atoms with Crippen LogP contribution in [0.15, 0.2) is 18.5 Å². The standard InChI is InChI=1S/C12H16N2O3/c1-12(2,3)17-11(15)14-9-7-16-10-6-13-5-4-8(9)10/h4-6,9H,7H2,1-3H3,(H,14,15)/t9-/m0/s1. The number of fused-ring (bicyclic) bond motifs is 1. The molecule has 0 saturated carbocycles. The van der Waals surface area contributed by atoms with Crippen LogP contribution >= 0.6 is 0 Å². The summed E-state index contributed by atoms with van der Waals surface area (Å²) < 4.78 is 10.6. The van der Waals surface area contributed by atoms with Crippen molar-refractivity contribution < 1.29 is 14.3 Å². The predicted octanol–water partition coefficient (Wildman–Crippen LogP) is 2.04. The lowest BCUT2D eigenvalue weighted by Gasteiger charge is -2.21. The molecule has 0 bridgehead atoms. The Labute approximate surface area is 100 Å². The van der Waals surface area contributed by atoms with Crippen molar-refractivity contribution in [1.82, 2.24) is 10.3 Å². The summed E-state index contributed by atoms with van der Waals surface area (Å²) in [5, 5.41) is 2.78. The summed E-state index contributed by atoms with van der Waals surface area (Å²) in [6.07, 6.45) is 2.89. The van der Waals surface area contributed by atoms with Gasteiger partial charge in [-0.05, 0) is 26.8 Å². The first-order valence-electron chi connectivity index (χ1n) is 5.52. The zero-order chi connectivity index (χ0) is 12.5. The van der Waals surface area contributed by atoms with E-state index in [1.54, 1.807) is 12.4 Å². The van der Waals surface area contributed by atoms with Gasteiger partial charge in [-0.15, -0.1) is 0 Å². The Balaban J connectivity index is 2.00. The SMILES string of the molecule is CC(C)(C)OC(=O)N[C@H]1COc2cnccc21. The molecule has 1 aromatic heterocycles. The van der Waals surface area contributed by atoms with E-state index in [4.69, 9.17) is 9.47 Å². The number of hydrogen-bond acceptors (Lipinski definition) is 4. The molecule has 0 aliphatic carbocycles. The molecule has 2 rings (SSSR count). The second-order valence-corrected chi connectivity index (χ2v) is 4.92. The monoisotopic (exact) mass is 236 g/mol. The van der Waals surface area contributed by atoms with Crippen molar-refractivity contribution in [1.29, 1.82) is 0 Å². The van der Waals surface area contributed by atoms with E-state index in [1.807, 2.05) is 26.8 Å². The molecule has 0 aromatic carbocycles. The van der Waals surface area contributed by atoms with Crippen LogP contribution in [0, 0.1) is 0 Å². The fourth-order valence-electron chi connectivity index (χ4n) is 1.63. The highest BCUT2D eigenvalue weighted by Gasteiger charge is 2.27. The van der Waals surface area contributed by atoms with Crippen LogP contribution < -0.4 is 10.1 Å². The Morgan fingerprint density at radius 1 is 1.59 bits per heavy atom. The zero-order valence-corrected chi connectivity index (χ0v) is 10.2. The maximum absolute atomic E-state index is 11.6. The van der Waals surface area contributed by atoms with Gasteiger partial charge < -0.3 is 14.8 Å². The number of carbonyl (C=O) groups excluding carboxylic acids is 1. The fourth-order valence-corrected chi connectivity index (χ4v) is 1.63. The average molecular weight is 236 g/mol. The highest BCUT2D eigenvalue weighted by Crippen LogP contribution is 2.30. The van der Waals surface area contributed by atoms with Gasteiger partial charge in [0.2, 0.25) is 0 Å². The number of hydrogen-bond donors (Lipinski definition) is 1. The number of rotatable bonds is 1. The highest BCUT2D eigenvalue weighted by atomic mass is 16.6. The smallest absolute Gasteiger partial charge is 0.408 e. The van der Waals surface area contributed by atoms with E-state index in [0.29, 0.717) is 12.4 Å². The van der Waals surface area contributed by atoms with Gasteiger partial charge in [-0.3, -0.25) is 4.98 Å². The number of amides is 1. The summed E-state index contributed by atoms with van der Waals surface area (Å²) in [6, 6.07) is 1.67. The molecule has 2 heterocycles. The molecule has 92 valence electrons. The predicted molar refractivity (Wildman–Crippen MR) is 61.8 cm³/mol. The van der Waals surface area contributed by atoms with Gasteiger partial charge in [0.05, 0.1) is 12.2 Å². The maximum Gasteiger partial charge on any atom is 0.408 e. The normalized spacial score (nSPS) is 18.2. The molecule has 1 aliphatic heterocycles. The second kappa shape index (κ2) is 4.24. The van der Waals surface area contributed by atoms with Crippen molar-refractivity contribution in [2.24, 2.45) is 0 Å². The molecule has 0 radical (unpaired) electrons. The summed E-state index contributed by atoms with van der Waals surface area (Å²) in [5.41, 5.74) is 0.441. The Morgan fingerprint density at radius 3 is 3.06 bits per heavy atom. The molecular formula is C12H16N2O3. The quantitative estimate of drug-likeness (QED) is 0.810. The molecular weight excluding hydrogens is 220 g/mol. The van der Waals surface area contributed by atoms with E-state index >= 15 is 0 Å². The van der Waals surface area contributed by atoms with Crippen LogP contribution in [-0.2, 0) is 4.74 Å². The number of ether oxygens (including phenoxy) is 2. The third-order valence-corrected chi connectivity index (χ3v) is 2.29. The molecule has 0 unspecified atom stereocenters. The maximum atomic E-state index is 11.6. The molecule has 0 spiro atoms. The molecule has 0 saturated heterocycles. The van der Waals surface area contributed by atoms with E-state index in [0.717, 1.165) is 5.56 Å². The Morgan fingerprint density at radius 2 is 2.35 bits per heavy atom. The van der Waals surface area contributed by atoms with Gasteiger partial charge in [0.15, 0.2) is 0 Å². The first-order chi connectivity index (χ1) is 7.96. The van der Waals surface area contributed by atoms with Gasteiger partial charge in [0.1, 0.15) is 18.0 Å². The topological polar surface area (TPSA) is 60.5 Å². The van der Waals surface area contributed by atoms with Gasteiger partial charge in [0, 0.05) is 11.8 Å². The third kappa shape index (κ3) is 2.87. The van der Waals surface area contributed by atoms with Crippen LogP contribution in [-0.4, -0.2) is 23.3 Å². The van der Waals surface area contributed by atoms with Crippen molar-refractivity contribution in [2.45, 2.75) is 32.4 Å². The molecule has 1 amide bonds. The van der Waals surface area contributed by atoms with Crippen LogP contribution in [0.2, 0.25) is 0 Å². The first-order valence-corrected chi connectivity index (χ1v) is 5.52. The van der Waals surface area contributed by atoms with E-state index in [2.05, 4.69) is 10.3 Å². The van der Waals surface area contributed by atoms with Crippen LogP contribution in [0.5, 0.6) is 5.75 Å². The molecule has 17 heavy (non-hydrogen) atoms. The van der Waals surface area contributed by atoms with Gasteiger partial charge in [-0.1, -0.05) is 0 Å². The van der Waals surface area contributed by atoms with Gasteiger partial charge in [-0.2, -0.15) is 0 Å². The average Bonchev–Trinajstić information content (AvgIpc) is 2.59. The molecule has 5 heteroatoms. The van der Waals surface area contributed by atoms with E-state index < -0.39 is 11.7 Å². The minimum absolute atomic E-state index is 0.164. The van der Waals surface area contributed by atoms with Crippen molar-refractivity contribution in [2.75, 3.05) is 6.61 Å². The molecule has 5 nitrogen and oxygen atoms in total. The van der Waals surface area contributed by atoms with Crippen LogP contribution in [0.4, 0.5) is 4.79 Å². The summed E-state index contributed by atoms with van der Waals surface area (Å²) in [5.74, 6) is 0.716. The number of carbonyl (C=O) groups is 1. The Hall–Kier alpha value is -1.78. The van der Waals surface area contributed by atoms with Crippen LogP contribution in [0.1, 0.15) is 32.4 Å². The van der Waals surface area contributed by atoms with Crippen molar-refractivity contribution in [3.63, 3.8) is 0 Å². The Kier molecular flexibility index (Phi) is 2.92. The van der Waals surface area contributed by atoms with Crippen molar-refractivity contribution in [3.05, 3.63) is 24.0 Å². The largest absolute Gasteiger partial charge is 0.489 e. The van der Waals surface area contributed by atoms with E-state index in [-0.39, 0.29) is 6.04 Å². The van der Waals surface area contributed by atoms with Crippen molar-refractivity contribution >= 4 is 6.09 Å². The minimum atomic E-state index is -0.495. The van der Waals surface area contributed by atoms with Gasteiger partial charge >= 0.3 is 6.09 Å². The molecule has 0 fully saturated rings. The minimum Gasteiger partial charge on any atom is -0.489 e.